The zero-order valence-corrected chi connectivity index (χ0v) is 10.0. The van der Waals surface area contributed by atoms with Crippen molar-refractivity contribution in [1.29, 1.82) is 0 Å². The molecule has 0 spiro atoms. The molecule has 90 valence electrons. The van der Waals surface area contributed by atoms with Crippen LogP contribution in [0.25, 0.3) is 0 Å². The smallest absolute Gasteiger partial charge is 0.223 e. The van der Waals surface area contributed by atoms with Gasteiger partial charge in [0.05, 0.1) is 12.6 Å². The number of carbonyl (C=O) groups is 1. The van der Waals surface area contributed by atoms with E-state index in [0.717, 1.165) is 30.6 Å². The zero-order chi connectivity index (χ0) is 11.8. The summed E-state index contributed by atoms with van der Waals surface area (Å²) in [5.74, 6) is 1.40. The summed E-state index contributed by atoms with van der Waals surface area (Å²) in [5, 5.41) is 3.15. The van der Waals surface area contributed by atoms with Crippen LogP contribution in [-0.2, 0) is 4.79 Å². The van der Waals surface area contributed by atoms with Crippen molar-refractivity contribution in [1.82, 2.24) is 5.32 Å². The predicted molar refractivity (Wildman–Crippen MR) is 64.9 cm³/mol. The monoisotopic (exact) mass is 231 g/mol. The van der Waals surface area contributed by atoms with Crippen LogP contribution >= 0.6 is 0 Å². The number of amides is 1. The summed E-state index contributed by atoms with van der Waals surface area (Å²) in [6.45, 7) is 2.75. The molecule has 1 aromatic rings. The maximum Gasteiger partial charge on any atom is 0.223 e. The number of fused-ring (bicyclic) bond motifs is 1. The van der Waals surface area contributed by atoms with E-state index < -0.39 is 0 Å². The molecule has 2 aliphatic rings. The molecule has 1 saturated carbocycles. The summed E-state index contributed by atoms with van der Waals surface area (Å²) in [5.41, 5.74) is 2.34. The van der Waals surface area contributed by atoms with E-state index in [1.165, 1.54) is 5.56 Å². The van der Waals surface area contributed by atoms with Crippen LogP contribution in [0.5, 0.6) is 5.75 Å². The van der Waals surface area contributed by atoms with Gasteiger partial charge in [-0.3, -0.25) is 4.79 Å². The Morgan fingerprint density at radius 3 is 2.94 bits per heavy atom. The topological polar surface area (TPSA) is 38.3 Å². The molecule has 1 fully saturated rings. The Morgan fingerprint density at radius 1 is 1.35 bits per heavy atom. The van der Waals surface area contributed by atoms with E-state index in [9.17, 15) is 4.79 Å². The molecular formula is C14H17NO2. The van der Waals surface area contributed by atoms with Crippen LogP contribution in [0.1, 0.15) is 36.4 Å². The number of nitrogens with one attached hydrogen (secondary N) is 1. The molecule has 3 rings (SSSR count). The third kappa shape index (κ3) is 2.14. The Balaban J connectivity index is 1.82. The largest absolute Gasteiger partial charge is 0.493 e. The van der Waals surface area contributed by atoms with Crippen molar-refractivity contribution in [2.75, 3.05) is 6.61 Å². The first-order chi connectivity index (χ1) is 8.24. The van der Waals surface area contributed by atoms with E-state index in [2.05, 4.69) is 18.3 Å². The molecule has 1 aliphatic heterocycles. The fourth-order valence-electron chi connectivity index (χ4n) is 2.30. The molecule has 1 heterocycles. The molecule has 0 bridgehead atoms. The Bertz CT molecular complexity index is 452. The maximum absolute atomic E-state index is 11.8. The Labute approximate surface area is 101 Å². The van der Waals surface area contributed by atoms with E-state index in [1.807, 2.05) is 12.1 Å². The predicted octanol–water partition coefficient (Wildman–Crippen LogP) is 2.34. The van der Waals surface area contributed by atoms with Gasteiger partial charge in [-0.2, -0.15) is 0 Å². The third-order valence-corrected chi connectivity index (χ3v) is 3.47. The summed E-state index contributed by atoms with van der Waals surface area (Å²) in [6, 6.07) is 6.29. The van der Waals surface area contributed by atoms with Crippen molar-refractivity contribution in [3.05, 3.63) is 29.3 Å². The molecule has 1 N–H and O–H groups in total. The van der Waals surface area contributed by atoms with Gasteiger partial charge in [0.2, 0.25) is 5.91 Å². The Morgan fingerprint density at radius 2 is 2.18 bits per heavy atom. The van der Waals surface area contributed by atoms with E-state index in [0.29, 0.717) is 6.61 Å². The van der Waals surface area contributed by atoms with Gasteiger partial charge in [-0.15, -0.1) is 0 Å². The first-order valence-corrected chi connectivity index (χ1v) is 6.28. The summed E-state index contributed by atoms with van der Waals surface area (Å²) in [7, 11) is 0. The molecule has 0 aromatic heterocycles. The number of hydrogen-bond donors (Lipinski definition) is 1. The number of aryl methyl sites for hydroxylation is 1. The number of ether oxygens (including phenoxy) is 1. The maximum atomic E-state index is 11.8. The van der Waals surface area contributed by atoms with E-state index in [4.69, 9.17) is 4.74 Å². The third-order valence-electron chi connectivity index (χ3n) is 3.47. The minimum atomic E-state index is 0.131. The van der Waals surface area contributed by atoms with Gasteiger partial charge in [-0.1, -0.05) is 17.7 Å². The lowest BCUT2D eigenvalue weighted by atomic mass is 9.98. The second kappa shape index (κ2) is 4.06. The summed E-state index contributed by atoms with van der Waals surface area (Å²) < 4.78 is 5.62. The van der Waals surface area contributed by atoms with Crippen LogP contribution in [0, 0.1) is 12.8 Å². The highest BCUT2D eigenvalue weighted by Gasteiger charge is 2.32. The summed E-state index contributed by atoms with van der Waals surface area (Å²) >= 11 is 0. The molecule has 1 amide bonds. The molecular weight excluding hydrogens is 214 g/mol. The van der Waals surface area contributed by atoms with Crippen molar-refractivity contribution in [3.8, 4) is 5.75 Å². The summed E-state index contributed by atoms with van der Waals surface area (Å²) in [4.78, 5) is 11.8. The summed E-state index contributed by atoms with van der Waals surface area (Å²) in [6.07, 6.45) is 2.97. The van der Waals surface area contributed by atoms with Gasteiger partial charge >= 0.3 is 0 Å². The lowest BCUT2D eigenvalue weighted by Crippen LogP contribution is -2.33. The fraction of sp³-hybridized carbons (Fsp3) is 0.500. The molecule has 1 atom stereocenters. The van der Waals surface area contributed by atoms with Crippen LogP contribution < -0.4 is 10.1 Å². The standard InChI is InChI=1S/C14H17NO2/c1-9-2-5-13-11(8-9)12(6-7-17-13)15-14(16)10-3-4-10/h2,5,8,10,12H,3-4,6-7H2,1H3,(H,15,16). The highest BCUT2D eigenvalue weighted by molar-refractivity contribution is 5.81. The van der Waals surface area contributed by atoms with Crippen LogP contribution in [-0.4, -0.2) is 12.5 Å². The lowest BCUT2D eigenvalue weighted by Gasteiger charge is -2.27. The number of benzene rings is 1. The number of rotatable bonds is 2. The highest BCUT2D eigenvalue weighted by atomic mass is 16.5. The molecule has 3 nitrogen and oxygen atoms in total. The van der Waals surface area contributed by atoms with Crippen molar-refractivity contribution >= 4 is 5.91 Å². The van der Waals surface area contributed by atoms with Gasteiger partial charge in [0.15, 0.2) is 0 Å². The number of carbonyl (C=O) groups excluding carboxylic acids is 1. The second-order valence-corrected chi connectivity index (χ2v) is 5.01. The van der Waals surface area contributed by atoms with Crippen molar-refractivity contribution in [2.45, 2.75) is 32.2 Å². The Hall–Kier alpha value is -1.51. The molecule has 1 aromatic carbocycles. The lowest BCUT2D eigenvalue weighted by molar-refractivity contribution is -0.123. The SMILES string of the molecule is Cc1ccc2c(c1)C(NC(=O)C1CC1)CCO2. The highest BCUT2D eigenvalue weighted by Crippen LogP contribution is 2.35. The molecule has 1 aliphatic carbocycles. The van der Waals surface area contributed by atoms with Crippen LogP contribution in [0.3, 0.4) is 0 Å². The normalized spacial score (nSPS) is 22.5. The van der Waals surface area contributed by atoms with Gasteiger partial charge in [0.1, 0.15) is 5.75 Å². The molecule has 0 radical (unpaired) electrons. The van der Waals surface area contributed by atoms with Gasteiger partial charge in [0.25, 0.3) is 0 Å². The molecule has 3 heteroatoms. The number of hydrogen-bond acceptors (Lipinski definition) is 2. The second-order valence-electron chi connectivity index (χ2n) is 5.01. The Kier molecular flexibility index (Phi) is 2.54. The zero-order valence-electron chi connectivity index (χ0n) is 10.0. The van der Waals surface area contributed by atoms with E-state index in [1.54, 1.807) is 0 Å². The minimum Gasteiger partial charge on any atom is -0.493 e. The van der Waals surface area contributed by atoms with Crippen molar-refractivity contribution in [3.63, 3.8) is 0 Å². The van der Waals surface area contributed by atoms with Gasteiger partial charge < -0.3 is 10.1 Å². The van der Waals surface area contributed by atoms with Gasteiger partial charge in [0, 0.05) is 17.9 Å². The van der Waals surface area contributed by atoms with Crippen LogP contribution in [0.2, 0.25) is 0 Å². The molecule has 17 heavy (non-hydrogen) atoms. The average molecular weight is 231 g/mol. The molecule has 1 unspecified atom stereocenters. The quantitative estimate of drug-likeness (QED) is 0.848. The van der Waals surface area contributed by atoms with Crippen LogP contribution in [0.15, 0.2) is 18.2 Å². The first kappa shape index (κ1) is 10.6. The van der Waals surface area contributed by atoms with Crippen molar-refractivity contribution < 1.29 is 9.53 Å². The minimum absolute atomic E-state index is 0.131. The van der Waals surface area contributed by atoms with Gasteiger partial charge in [-0.25, -0.2) is 0 Å². The van der Waals surface area contributed by atoms with Gasteiger partial charge in [-0.05, 0) is 25.8 Å². The van der Waals surface area contributed by atoms with Crippen LogP contribution in [0.4, 0.5) is 0 Å². The van der Waals surface area contributed by atoms with E-state index in [-0.39, 0.29) is 17.9 Å². The first-order valence-electron chi connectivity index (χ1n) is 6.28. The van der Waals surface area contributed by atoms with Crippen molar-refractivity contribution in [2.24, 2.45) is 5.92 Å². The average Bonchev–Trinajstić information content (AvgIpc) is 3.13. The van der Waals surface area contributed by atoms with E-state index >= 15 is 0 Å². The molecule has 0 saturated heterocycles. The fourth-order valence-corrected chi connectivity index (χ4v) is 2.30.